The lowest BCUT2D eigenvalue weighted by Crippen LogP contribution is -2.41. The number of hydrogen-bond donors (Lipinski definition) is 0. The number of hydrogen-bond acceptors (Lipinski definition) is 2. The molecule has 6 rings (SSSR count). The fourth-order valence-corrected chi connectivity index (χ4v) is 4.50. The van der Waals surface area contributed by atoms with Gasteiger partial charge in [0.1, 0.15) is 0 Å². The molecule has 1 aromatic heterocycles. The van der Waals surface area contributed by atoms with Crippen molar-refractivity contribution in [3.05, 3.63) is 96.9 Å². The summed E-state index contributed by atoms with van der Waals surface area (Å²) in [5, 5.41) is 0.269. The third-order valence-corrected chi connectivity index (χ3v) is 6.96. The molecule has 0 spiro atoms. The smallest absolute Gasteiger partial charge is 0.399 e. The zero-order valence-corrected chi connectivity index (χ0v) is 19.5. The molecule has 1 aliphatic rings. The van der Waals surface area contributed by atoms with Crippen LogP contribution in [0.5, 0.6) is 0 Å². The third-order valence-electron chi connectivity index (χ3n) is 6.96. The van der Waals surface area contributed by atoms with Crippen molar-refractivity contribution in [3.8, 4) is 16.8 Å². The predicted molar refractivity (Wildman–Crippen MR) is 142 cm³/mol. The Hall–Kier alpha value is -3.34. The summed E-state index contributed by atoms with van der Waals surface area (Å²) in [6, 6.07) is 14.8. The van der Waals surface area contributed by atoms with Gasteiger partial charge in [-0.05, 0) is 45.4 Å². The molecule has 0 atom stereocenters. The first-order valence-electron chi connectivity index (χ1n) is 14.8. The van der Waals surface area contributed by atoms with Gasteiger partial charge in [0.2, 0.25) is 0 Å². The van der Waals surface area contributed by atoms with Crippen molar-refractivity contribution in [2.24, 2.45) is 0 Å². The van der Waals surface area contributed by atoms with Crippen LogP contribution in [0.2, 0.25) is 0 Å². The van der Waals surface area contributed by atoms with Gasteiger partial charge in [0.15, 0.2) is 0 Å². The van der Waals surface area contributed by atoms with Gasteiger partial charge >= 0.3 is 7.12 Å². The normalized spacial score (nSPS) is 19.9. The lowest BCUT2D eigenvalue weighted by atomic mass is 9.77. The monoisotopic (exact) mass is 452 g/mol. The van der Waals surface area contributed by atoms with Gasteiger partial charge in [-0.2, -0.15) is 0 Å². The molecule has 1 fully saturated rings. The quantitative estimate of drug-likeness (QED) is 0.283. The maximum atomic E-state index is 9.04. The van der Waals surface area contributed by atoms with Gasteiger partial charge in [0.25, 0.3) is 0 Å². The summed E-state index contributed by atoms with van der Waals surface area (Å²) in [5.74, 6) is 0. The Kier molecular flexibility index (Phi) is 3.31. The second-order valence-corrected chi connectivity index (χ2v) is 9.54. The van der Waals surface area contributed by atoms with E-state index in [0.717, 1.165) is 11.1 Å². The number of para-hydroxylation sites is 3. The Bertz CT molecular complexity index is 1870. The number of rotatable bonds is 3. The van der Waals surface area contributed by atoms with Crippen LogP contribution in [-0.4, -0.2) is 22.9 Å². The predicted octanol–water partition coefficient (Wildman–Crippen LogP) is 6.75. The van der Waals surface area contributed by atoms with Crippen LogP contribution >= 0.6 is 0 Å². The number of aromatic nitrogens is 1. The minimum Gasteiger partial charge on any atom is -0.399 e. The van der Waals surface area contributed by atoms with E-state index in [4.69, 9.17) is 18.9 Å². The van der Waals surface area contributed by atoms with E-state index in [9.17, 15) is 0 Å². The number of benzene rings is 4. The molecular weight excluding hydrogens is 417 g/mol. The summed E-state index contributed by atoms with van der Waals surface area (Å²) < 4.78 is 75.9. The van der Waals surface area contributed by atoms with E-state index in [1.54, 1.807) is 4.57 Å². The molecule has 0 radical (unpaired) electrons. The minimum absolute atomic E-state index is 0.116. The number of fused-ring (bicyclic) bond motifs is 3. The van der Waals surface area contributed by atoms with Crippen LogP contribution in [0.4, 0.5) is 0 Å². The van der Waals surface area contributed by atoms with Crippen LogP contribution in [0.15, 0.2) is 96.9 Å². The number of nitrogens with zero attached hydrogens (tertiary/aromatic N) is 1. The van der Waals surface area contributed by atoms with Gasteiger partial charge in [-0.15, -0.1) is 0 Å². The van der Waals surface area contributed by atoms with Crippen molar-refractivity contribution in [1.29, 1.82) is 0 Å². The standard InChI is InChI=1S/C30H28BNO2/c1-29(2)30(3,4)34-31(33-29)25-18-12-17-24-23-16-9-11-20-27(23)32(28(24)25)26-19-10-8-15-22(26)21-13-6-5-7-14-21/h5-20H,1-4H3/i9D,11D,12D,16D,17D,18D,20D. The van der Waals surface area contributed by atoms with Gasteiger partial charge in [-0.25, -0.2) is 0 Å². The van der Waals surface area contributed by atoms with Crippen LogP contribution in [0.1, 0.15) is 37.3 Å². The van der Waals surface area contributed by atoms with Crippen molar-refractivity contribution in [2.45, 2.75) is 38.9 Å². The highest BCUT2D eigenvalue weighted by atomic mass is 16.7. The maximum absolute atomic E-state index is 9.04. The highest BCUT2D eigenvalue weighted by Crippen LogP contribution is 2.39. The molecule has 5 aromatic rings. The Labute approximate surface area is 210 Å². The summed E-state index contributed by atoms with van der Waals surface area (Å²) in [4.78, 5) is 0. The van der Waals surface area contributed by atoms with Gasteiger partial charge in [-0.3, -0.25) is 0 Å². The van der Waals surface area contributed by atoms with E-state index in [0.29, 0.717) is 11.2 Å². The minimum atomic E-state index is -1.08. The zero-order chi connectivity index (χ0) is 29.6. The van der Waals surface area contributed by atoms with E-state index in [2.05, 4.69) is 0 Å². The molecule has 0 saturated carbocycles. The molecule has 0 amide bonds. The van der Waals surface area contributed by atoms with E-state index >= 15 is 0 Å². The Morgan fingerprint density at radius 2 is 1.38 bits per heavy atom. The summed E-state index contributed by atoms with van der Waals surface area (Å²) in [6.45, 7) is 7.54. The Morgan fingerprint density at radius 1 is 0.735 bits per heavy atom. The molecule has 3 nitrogen and oxygen atoms in total. The maximum Gasteiger partial charge on any atom is 0.497 e. The van der Waals surface area contributed by atoms with Crippen LogP contribution in [0, 0.1) is 0 Å². The molecule has 4 heteroatoms. The SMILES string of the molecule is [2H]c1c([2H])c([2H])c2c(c1[2H])c1c([2H])c([2H])c([2H])c(B3OC(C)(C)C(C)(C)O3)c1n2-c1ccccc1-c1ccccc1. The first-order chi connectivity index (χ1) is 19.3. The van der Waals surface area contributed by atoms with Crippen molar-refractivity contribution in [3.63, 3.8) is 0 Å². The molecule has 0 aliphatic carbocycles. The molecule has 34 heavy (non-hydrogen) atoms. The largest absolute Gasteiger partial charge is 0.497 e. The van der Waals surface area contributed by atoms with E-state index in [1.165, 1.54) is 0 Å². The molecule has 1 aliphatic heterocycles. The van der Waals surface area contributed by atoms with Crippen LogP contribution < -0.4 is 5.46 Å². The van der Waals surface area contributed by atoms with Gasteiger partial charge in [0.05, 0.1) is 37.5 Å². The van der Waals surface area contributed by atoms with Crippen molar-refractivity contribution < 1.29 is 18.9 Å². The summed E-state index contributed by atoms with van der Waals surface area (Å²) in [6.07, 6.45) is 0. The topological polar surface area (TPSA) is 23.4 Å². The fourth-order valence-electron chi connectivity index (χ4n) is 4.50. The van der Waals surface area contributed by atoms with Crippen molar-refractivity contribution in [2.75, 3.05) is 0 Å². The van der Waals surface area contributed by atoms with Gasteiger partial charge < -0.3 is 13.9 Å². The average Bonchev–Trinajstić information content (AvgIpc) is 3.40. The second kappa shape index (κ2) is 7.59. The van der Waals surface area contributed by atoms with Crippen LogP contribution in [0.3, 0.4) is 0 Å². The zero-order valence-electron chi connectivity index (χ0n) is 26.5. The van der Waals surface area contributed by atoms with Gasteiger partial charge in [-0.1, -0.05) is 84.8 Å². The molecule has 1 saturated heterocycles. The fraction of sp³-hybridized carbons (Fsp3) is 0.200. The van der Waals surface area contributed by atoms with Crippen LogP contribution in [-0.2, 0) is 9.31 Å². The first kappa shape index (κ1) is 14.8. The average molecular weight is 452 g/mol. The van der Waals surface area contributed by atoms with Gasteiger partial charge in [0, 0.05) is 21.8 Å². The lowest BCUT2D eigenvalue weighted by molar-refractivity contribution is 0.00578. The molecule has 0 N–H and O–H groups in total. The molecule has 0 unspecified atom stereocenters. The molecule has 4 aromatic carbocycles. The van der Waals surface area contributed by atoms with E-state index < -0.39 is 30.4 Å². The Morgan fingerprint density at radius 3 is 2.15 bits per heavy atom. The summed E-state index contributed by atoms with van der Waals surface area (Å²) in [7, 11) is -1.08. The third kappa shape index (κ3) is 3.13. The van der Waals surface area contributed by atoms with Crippen molar-refractivity contribution in [1.82, 2.24) is 4.57 Å². The van der Waals surface area contributed by atoms with Crippen LogP contribution in [0.25, 0.3) is 38.6 Å². The van der Waals surface area contributed by atoms with E-state index in [-0.39, 0.29) is 52.0 Å². The first-order valence-corrected chi connectivity index (χ1v) is 11.3. The second-order valence-electron chi connectivity index (χ2n) is 9.54. The molecule has 168 valence electrons. The highest BCUT2D eigenvalue weighted by Gasteiger charge is 2.52. The Balaban J connectivity index is 1.88. The van der Waals surface area contributed by atoms with E-state index in [1.807, 2.05) is 82.3 Å². The highest BCUT2D eigenvalue weighted by molar-refractivity contribution is 6.65. The summed E-state index contributed by atoms with van der Waals surface area (Å²) in [5.41, 5.74) is 1.39. The molecular formula is C30H28BNO2. The molecule has 2 heterocycles. The summed E-state index contributed by atoms with van der Waals surface area (Å²) >= 11 is 0. The van der Waals surface area contributed by atoms with Crippen molar-refractivity contribution >= 4 is 34.4 Å². The molecule has 0 bridgehead atoms. The lowest BCUT2D eigenvalue weighted by Gasteiger charge is -2.32.